The zero-order chi connectivity index (χ0) is 19.3. The first-order valence-corrected chi connectivity index (χ1v) is 13.2. The summed E-state index contributed by atoms with van der Waals surface area (Å²) in [6.07, 6.45) is 7.41. The van der Waals surface area contributed by atoms with Crippen molar-refractivity contribution in [2.24, 2.45) is 0 Å². The van der Waals surface area contributed by atoms with Crippen molar-refractivity contribution in [2.75, 3.05) is 0 Å². The summed E-state index contributed by atoms with van der Waals surface area (Å²) in [5.74, 6) is 0. The number of halogens is 2. The summed E-state index contributed by atoms with van der Waals surface area (Å²) in [6.45, 7) is 13.7. The Morgan fingerprint density at radius 3 is 1.31 bits per heavy atom. The van der Waals surface area contributed by atoms with Gasteiger partial charge >= 0.3 is 177 Å². The van der Waals surface area contributed by atoms with Gasteiger partial charge in [-0.1, -0.05) is 0 Å². The van der Waals surface area contributed by atoms with E-state index in [-0.39, 0.29) is 24.8 Å². The van der Waals surface area contributed by atoms with Crippen LogP contribution in [0.3, 0.4) is 0 Å². The molecule has 2 aliphatic rings. The first-order chi connectivity index (χ1) is 12.9. The average Bonchev–Trinajstić information content (AvgIpc) is 3.14. The zero-order valence-electron chi connectivity index (χ0n) is 18.3. The molecule has 0 spiro atoms. The summed E-state index contributed by atoms with van der Waals surface area (Å²) >= 11 is -0.716. The molecule has 0 radical (unpaired) electrons. The molecule has 0 heterocycles. The SMILES string of the molecule is CCC1=Cc2cc(C)c(C)cc2[CH]1[Zr+2][CH]1C(CC)=Cc2cc(C)c(C)cc21.[Cl-].[Cl-]. The number of hydrogen-bond donors (Lipinski definition) is 0. The van der Waals surface area contributed by atoms with Crippen molar-refractivity contribution in [3.63, 3.8) is 0 Å². The average molecular weight is 505 g/mol. The summed E-state index contributed by atoms with van der Waals surface area (Å²) in [5.41, 5.74) is 15.4. The minimum Gasteiger partial charge on any atom is -1.00 e. The van der Waals surface area contributed by atoms with Gasteiger partial charge in [-0.25, -0.2) is 0 Å². The molecule has 0 saturated carbocycles. The van der Waals surface area contributed by atoms with Crippen molar-refractivity contribution in [1.82, 2.24) is 0 Å². The molecule has 3 heteroatoms. The Hall–Kier alpha value is -0.617. The van der Waals surface area contributed by atoms with E-state index in [1.165, 1.54) is 46.2 Å². The number of aryl methyl sites for hydroxylation is 4. The van der Waals surface area contributed by atoms with Crippen LogP contribution in [-0.2, 0) is 23.2 Å². The molecule has 2 aromatic carbocycles. The Balaban J connectivity index is 0.00000150. The fourth-order valence-corrected chi connectivity index (χ4v) is 10.0. The third-order valence-corrected chi connectivity index (χ3v) is 11.6. The van der Waals surface area contributed by atoms with Gasteiger partial charge in [0.05, 0.1) is 0 Å². The number of hydrogen-bond acceptors (Lipinski definition) is 0. The van der Waals surface area contributed by atoms with Gasteiger partial charge in [0, 0.05) is 0 Å². The molecule has 0 amide bonds. The van der Waals surface area contributed by atoms with E-state index in [4.69, 9.17) is 0 Å². The van der Waals surface area contributed by atoms with Crippen LogP contribution in [-0.4, -0.2) is 0 Å². The van der Waals surface area contributed by atoms with E-state index in [2.05, 4.69) is 78.0 Å². The quantitative estimate of drug-likeness (QED) is 0.591. The minimum atomic E-state index is -0.716. The van der Waals surface area contributed by atoms with E-state index < -0.39 is 23.2 Å². The normalized spacial score (nSPS) is 18.7. The fourth-order valence-electron chi connectivity index (χ4n) is 4.61. The van der Waals surface area contributed by atoms with Crippen LogP contribution >= 0.6 is 0 Å². The van der Waals surface area contributed by atoms with Gasteiger partial charge in [-0.15, -0.1) is 0 Å². The molecule has 0 aliphatic heterocycles. The van der Waals surface area contributed by atoms with Gasteiger partial charge < -0.3 is 24.8 Å². The van der Waals surface area contributed by atoms with Crippen molar-refractivity contribution in [2.45, 2.75) is 61.6 Å². The van der Waals surface area contributed by atoms with Gasteiger partial charge in [0.2, 0.25) is 0 Å². The van der Waals surface area contributed by atoms with Crippen molar-refractivity contribution >= 4 is 12.2 Å². The van der Waals surface area contributed by atoms with Crippen LogP contribution in [0.25, 0.3) is 12.2 Å². The second kappa shape index (κ2) is 9.68. The van der Waals surface area contributed by atoms with E-state index in [0.717, 1.165) is 7.25 Å². The molecular formula is C26H30Cl2Zr. The molecule has 2 aliphatic carbocycles. The van der Waals surface area contributed by atoms with Crippen molar-refractivity contribution in [3.8, 4) is 0 Å². The minimum absolute atomic E-state index is 0. The molecule has 0 saturated heterocycles. The van der Waals surface area contributed by atoms with Crippen molar-refractivity contribution in [3.05, 3.63) is 79.9 Å². The Kier molecular flexibility index (Phi) is 8.22. The maximum Gasteiger partial charge on any atom is -1.00 e. The van der Waals surface area contributed by atoms with E-state index >= 15 is 0 Å². The summed E-state index contributed by atoms with van der Waals surface area (Å²) < 4.78 is 1.47. The summed E-state index contributed by atoms with van der Waals surface area (Å²) in [4.78, 5) is 0. The zero-order valence-corrected chi connectivity index (χ0v) is 22.3. The summed E-state index contributed by atoms with van der Waals surface area (Å²) in [5, 5.41) is 0. The van der Waals surface area contributed by atoms with Gasteiger partial charge in [-0.2, -0.15) is 0 Å². The van der Waals surface area contributed by atoms with Crippen LogP contribution in [0.15, 0.2) is 35.4 Å². The topological polar surface area (TPSA) is 0 Å². The molecule has 0 N–H and O–H groups in total. The largest absolute Gasteiger partial charge is 1.00 e. The first-order valence-electron chi connectivity index (χ1n) is 10.3. The van der Waals surface area contributed by atoms with E-state index in [1.807, 2.05) is 0 Å². The van der Waals surface area contributed by atoms with Crippen LogP contribution in [0.1, 0.15) is 78.4 Å². The van der Waals surface area contributed by atoms with Crippen LogP contribution in [0.5, 0.6) is 0 Å². The Morgan fingerprint density at radius 1 is 0.621 bits per heavy atom. The molecule has 0 aromatic heterocycles. The molecule has 0 nitrogen and oxygen atoms in total. The number of allylic oxidation sites excluding steroid dienone is 2. The molecule has 2 unspecified atom stereocenters. The van der Waals surface area contributed by atoms with Crippen molar-refractivity contribution < 1.29 is 48.0 Å². The molecule has 152 valence electrons. The van der Waals surface area contributed by atoms with Gasteiger partial charge in [-0.05, 0) is 0 Å². The molecule has 2 aromatic rings. The second-order valence-corrected chi connectivity index (χ2v) is 12.0. The summed E-state index contributed by atoms with van der Waals surface area (Å²) in [6, 6.07) is 9.85. The van der Waals surface area contributed by atoms with Gasteiger partial charge in [0.1, 0.15) is 0 Å². The fraction of sp³-hybridized carbons (Fsp3) is 0.385. The standard InChI is InChI=1S/2C13H15.2ClH.Zr/c2*1-4-11-7-12-5-9(2)10(3)6-13(12)8-11;;;/h2*5-8H,4H2,1-3H3;2*1H;/q;;;;+2/p-2. The maximum atomic E-state index is 2.51. The second-order valence-electron chi connectivity index (χ2n) is 8.31. The predicted octanol–water partition coefficient (Wildman–Crippen LogP) is 1.41. The molecule has 0 bridgehead atoms. The Labute approximate surface area is 200 Å². The number of benzene rings is 2. The van der Waals surface area contributed by atoms with E-state index in [1.54, 1.807) is 22.3 Å². The van der Waals surface area contributed by atoms with Crippen LogP contribution in [0.4, 0.5) is 0 Å². The third-order valence-electron chi connectivity index (χ3n) is 6.59. The maximum absolute atomic E-state index is 2.51. The smallest absolute Gasteiger partial charge is 1.00 e. The third kappa shape index (κ3) is 4.39. The van der Waals surface area contributed by atoms with E-state index in [0.29, 0.717) is 0 Å². The number of fused-ring (bicyclic) bond motifs is 2. The first kappa shape index (κ1) is 24.7. The van der Waals surface area contributed by atoms with Crippen LogP contribution in [0, 0.1) is 27.7 Å². The van der Waals surface area contributed by atoms with Gasteiger partial charge in [0.25, 0.3) is 0 Å². The van der Waals surface area contributed by atoms with Crippen LogP contribution < -0.4 is 24.8 Å². The Morgan fingerprint density at radius 2 is 0.966 bits per heavy atom. The van der Waals surface area contributed by atoms with Gasteiger partial charge in [-0.3, -0.25) is 0 Å². The molecule has 4 rings (SSSR count). The molecule has 0 fully saturated rings. The molecule has 2 atom stereocenters. The summed E-state index contributed by atoms with van der Waals surface area (Å²) in [7, 11) is 0. The molecule has 29 heavy (non-hydrogen) atoms. The van der Waals surface area contributed by atoms with Crippen LogP contribution in [0.2, 0.25) is 0 Å². The van der Waals surface area contributed by atoms with Crippen molar-refractivity contribution in [1.29, 1.82) is 0 Å². The number of rotatable bonds is 4. The van der Waals surface area contributed by atoms with E-state index in [9.17, 15) is 0 Å². The Bertz CT molecular complexity index is 905. The molecular weight excluding hydrogens is 474 g/mol. The predicted molar refractivity (Wildman–Crippen MR) is 114 cm³/mol. The van der Waals surface area contributed by atoms with Gasteiger partial charge in [0.15, 0.2) is 0 Å². The monoisotopic (exact) mass is 502 g/mol.